The summed E-state index contributed by atoms with van der Waals surface area (Å²) in [6.45, 7) is 3.34. The first-order chi connectivity index (χ1) is 11.2. The third kappa shape index (κ3) is 4.08. The second-order valence-electron chi connectivity index (χ2n) is 5.45. The molecule has 2 heterocycles. The molecule has 6 nitrogen and oxygen atoms in total. The summed E-state index contributed by atoms with van der Waals surface area (Å²) in [4.78, 5) is 4.23. The van der Waals surface area contributed by atoms with Gasteiger partial charge in [-0.15, -0.1) is 24.0 Å². The lowest BCUT2D eigenvalue weighted by atomic mass is 10.1. The van der Waals surface area contributed by atoms with Crippen molar-refractivity contribution in [2.45, 2.75) is 20.0 Å². The number of rotatable bonds is 4. The lowest BCUT2D eigenvalue weighted by molar-refractivity contribution is 0.534. The number of fused-ring (bicyclic) bond motifs is 1. The van der Waals surface area contributed by atoms with Gasteiger partial charge in [0, 0.05) is 43.4 Å². The SMILES string of the molecule is CN=C(NCc1cnn(C)c1)NCc1oc2ccccc2c1C.I. The number of nitrogens with one attached hydrogen (secondary N) is 2. The summed E-state index contributed by atoms with van der Waals surface area (Å²) in [6.07, 6.45) is 3.81. The molecular formula is C17H22IN5O. The number of hydrogen-bond donors (Lipinski definition) is 2. The number of benzene rings is 1. The molecule has 1 aromatic carbocycles. The van der Waals surface area contributed by atoms with Crippen molar-refractivity contribution in [2.24, 2.45) is 12.0 Å². The summed E-state index contributed by atoms with van der Waals surface area (Å²) in [7, 11) is 3.66. The predicted octanol–water partition coefficient (Wildman–Crippen LogP) is 2.96. The molecule has 0 unspecified atom stereocenters. The maximum absolute atomic E-state index is 5.90. The average molecular weight is 439 g/mol. The highest BCUT2D eigenvalue weighted by atomic mass is 127. The molecule has 0 fully saturated rings. The van der Waals surface area contributed by atoms with Gasteiger partial charge in [-0.05, 0) is 13.0 Å². The lowest BCUT2D eigenvalue weighted by Crippen LogP contribution is -2.36. The smallest absolute Gasteiger partial charge is 0.191 e. The van der Waals surface area contributed by atoms with Gasteiger partial charge in [-0.25, -0.2) is 0 Å². The summed E-state index contributed by atoms with van der Waals surface area (Å²) < 4.78 is 7.68. The lowest BCUT2D eigenvalue weighted by Gasteiger charge is -2.10. The van der Waals surface area contributed by atoms with Crippen LogP contribution in [0.2, 0.25) is 0 Å². The molecular weight excluding hydrogens is 417 g/mol. The van der Waals surface area contributed by atoms with E-state index in [1.54, 1.807) is 11.7 Å². The van der Waals surface area contributed by atoms with E-state index in [9.17, 15) is 0 Å². The van der Waals surface area contributed by atoms with Crippen LogP contribution in [0.25, 0.3) is 11.0 Å². The molecule has 0 spiro atoms. The number of furan rings is 1. The Hall–Kier alpha value is -2.03. The topological polar surface area (TPSA) is 67.4 Å². The van der Waals surface area contributed by atoms with Crippen LogP contribution in [0.4, 0.5) is 0 Å². The fraction of sp³-hybridized carbons (Fsp3) is 0.294. The molecule has 0 aliphatic heterocycles. The van der Waals surface area contributed by atoms with E-state index >= 15 is 0 Å². The van der Waals surface area contributed by atoms with Crippen molar-refractivity contribution in [2.75, 3.05) is 7.05 Å². The first kappa shape index (κ1) is 18.3. The summed E-state index contributed by atoms with van der Waals surface area (Å²) >= 11 is 0. The summed E-state index contributed by atoms with van der Waals surface area (Å²) in [5.41, 5.74) is 3.19. The Labute approximate surface area is 158 Å². The first-order valence-electron chi connectivity index (χ1n) is 7.56. The minimum atomic E-state index is 0. The Morgan fingerprint density at radius 1 is 1.25 bits per heavy atom. The van der Waals surface area contributed by atoms with Crippen molar-refractivity contribution in [3.63, 3.8) is 0 Å². The van der Waals surface area contributed by atoms with Gasteiger partial charge in [0.15, 0.2) is 5.96 Å². The van der Waals surface area contributed by atoms with E-state index < -0.39 is 0 Å². The van der Waals surface area contributed by atoms with Crippen LogP contribution in [0.5, 0.6) is 0 Å². The Morgan fingerprint density at radius 3 is 2.67 bits per heavy atom. The van der Waals surface area contributed by atoms with Crippen LogP contribution in [0, 0.1) is 6.92 Å². The van der Waals surface area contributed by atoms with Crippen molar-refractivity contribution in [1.29, 1.82) is 0 Å². The van der Waals surface area contributed by atoms with E-state index in [-0.39, 0.29) is 24.0 Å². The molecule has 0 aliphatic rings. The summed E-state index contributed by atoms with van der Waals surface area (Å²) in [6, 6.07) is 8.07. The minimum absolute atomic E-state index is 0. The molecule has 7 heteroatoms. The van der Waals surface area contributed by atoms with Crippen LogP contribution in [0.3, 0.4) is 0 Å². The van der Waals surface area contributed by atoms with E-state index in [4.69, 9.17) is 4.42 Å². The number of aliphatic imine (C=N–C) groups is 1. The van der Waals surface area contributed by atoms with Gasteiger partial charge >= 0.3 is 0 Å². The fourth-order valence-corrected chi connectivity index (χ4v) is 2.53. The Balaban J connectivity index is 0.00000208. The van der Waals surface area contributed by atoms with Gasteiger partial charge in [-0.1, -0.05) is 18.2 Å². The van der Waals surface area contributed by atoms with Crippen molar-refractivity contribution in [1.82, 2.24) is 20.4 Å². The molecule has 0 atom stereocenters. The van der Waals surface area contributed by atoms with Gasteiger partial charge in [0.25, 0.3) is 0 Å². The van der Waals surface area contributed by atoms with Gasteiger partial charge in [0.2, 0.25) is 0 Å². The minimum Gasteiger partial charge on any atom is -0.459 e. The van der Waals surface area contributed by atoms with E-state index in [1.807, 2.05) is 37.6 Å². The molecule has 3 aromatic rings. The van der Waals surface area contributed by atoms with Gasteiger partial charge in [-0.3, -0.25) is 9.67 Å². The van der Waals surface area contributed by atoms with Crippen LogP contribution in [-0.2, 0) is 20.1 Å². The van der Waals surface area contributed by atoms with Crippen molar-refractivity contribution >= 4 is 40.9 Å². The van der Waals surface area contributed by atoms with Gasteiger partial charge in [0.05, 0.1) is 12.7 Å². The Kier molecular flexibility index (Phi) is 6.24. The van der Waals surface area contributed by atoms with E-state index in [0.717, 1.165) is 33.8 Å². The zero-order valence-corrected chi connectivity index (χ0v) is 16.4. The van der Waals surface area contributed by atoms with E-state index in [0.29, 0.717) is 13.1 Å². The number of aryl methyl sites for hydroxylation is 2. The number of guanidine groups is 1. The Morgan fingerprint density at radius 2 is 2.00 bits per heavy atom. The van der Waals surface area contributed by atoms with Gasteiger partial charge < -0.3 is 15.1 Å². The third-order valence-electron chi connectivity index (χ3n) is 3.80. The highest BCUT2D eigenvalue weighted by Crippen LogP contribution is 2.24. The van der Waals surface area contributed by atoms with Crippen LogP contribution in [0.15, 0.2) is 46.1 Å². The van der Waals surface area contributed by atoms with Crippen molar-refractivity contribution in [3.8, 4) is 0 Å². The largest absolute Gasteiger partial charge is 0.459 e. The van der Waals surface area contributed by atoms with Gasteiger partial charge in [-0.2, -0.15) is 5.10 Å². The molecule has 3 rings (SSSR count). The number of aromatic nitrogens is 2. The third-order valence-corrected chi connectivity index (χ3v) is 3.80. The van der Waals surface area contributed by atoms with E-state index in [1.165, 1.54) is 0 Å². The maximum Gasteiger partial charge on any atom is 0.191 e. The number of nitrogens with zero attached hydrogens (tertiary/aromatic N) is 3. The highest BCUT2D eigenvalue weighted by Gasteiger charge is 2.10. The molecule has 0 aliphatic carbocycles. The van der Waals surface area contributed by atoms with Crippen molar-refractivity contribution < 1.29 is 4.42 Å². The highest BCUT2D eigenvalue weighted by molar-refractivity contribution is 14.0. The molecule has 128 valence electrons. The zero-order valence-electron chi connectivity index (χ0n) is 14.0. The molecule has 24 heavy (non-hydrogen) atoms. The summed E-state index contributed by atoms with van der Waals surface area (Å²) in [5.74, 6) is 1.66. The normalized spacial score (nSPS) is 11.4. The number of para-hydroxylation sites is 1. The molecule has 2 aromatic heterocycles. The average Bonchev–Trinajstić information content (AvgIpc) is 3.12. The molecule has 0 bridgehead atoms. The molecule has 0 amide bonds. The standard InChI is InChI=1S/C17H21N5O.HI/c1-12-14-6-4-5-7-15(14)23-16(12)10-20-17(18-2)19-8-13-9-21-22(3)11-13;/h4-7,9,11H,8,10H2,1-3H3,(H2,18,19,20);1H. The quantitative estimate of drug-likeness (QED) is 0.373. The Bertz CT molecular complexity index is 836. The predicted molar refractivity (Wildman–Crippen MR) is 107 cm³/mol. The van der Waals surface area contributed by atoms with Crippen molar-refractivity contribution in [3.05, 3.63) is 53.5 Å². The zero-order chi connectivity index (χ0) is 16.2. The second kappa shape index (κ2) is 8.18. The molecule has 0 saturated heterocycles. The number of hydrogen-bond acceptors (Lipinski definition) is 3. The first-order valence-corrected chi connectivity index (χ1v) is 7.56. The summed E-state index contributed by atoms with van der Waals surface area (Å²) in [5, 5.41) is 11.9. The van der Waals surface area contributed by atoms with Crippen LogP contribution >= 0.6 is 24.0 Å². The molecule has 0 radical (unpaired) electrons. The van der Waals surface area contributed by atoms with Crippen LogP contribution < -0.4 is 10.6 Å². The molecule has 2 N–H and O–H groups in total. The van der Waals surface area contributed by atoms with Crippen LogP contribution in [0.1, 0.15) is 16.9 Å². The maximum atomic E-state index is 5.90. The monoisotopic (exact) mass is 439 g/mol. The van der Waals surface area contributed by atoms with Gasteiger partial charge in [0.1, 0.15) is 11.3 Å². The van der Waals surface area contributed by atoms with E-state index in [2.05, 4.69) is 33.7 Å². The van der Waals surface area contributed by atoms with Crippen LogP contribution in [-0.4, -0.2) is 22.8 Å². The fourth-order valence-electron chi connectivity index (χ4n) is 2.53. The number of halogens is 1. The molecule has 0 saturated carbocycles. The second-order valence-corrected chi connectivity index (χ2v) is 5.45.